The fourth-order valence-electron chi connectivity index (χ4n) is 4.39. The molecule has 1 N–H and O–H groups in total. The number of sulfonamides is 1. The highest BCUT2D eigenvalue weighted by Gasteiger charge is 2.32. The minimum atomic E-state index is -3.52. The quantitative estimate of drug-likeness (QED) is 0.695. The molecule has 2 fully saturated rings. The molecule has 0 spiro atoms. The van der Waals surface area contributed by atoms with E-state index in [1.807, 2.05) is 29.2 Å². The van der Waals surface area contributed by atoms with E-state index in [1.54, 1.807) is 30.3 Å². The van der Waals surface area contributed by atoms with E-state index in [4.69, 9.17) is 0 Å². The molecule has 170 valence electrons. The lowest BCUT2D eigenvalue weighted by Crippen LogP contribution is -2.42. The van der Waals surface area contributed by atoms with Crippen LogP contribution in [0.2, 0.25) is 0 Å². The molecule has 2 amide bonds. The number of nitrogens with zero attached hydrogens (tertiary/aromatic N) is 2. The number of carbonyl (C=O) groups excluding carboxylic acids is 2. The summed E-state index contributed by atoms with van der Waals surface area (Å²) in [4.78, 5) is 26.9. The topological polar surface area (TPSA) is 86.8 Å². The smallest absolute Gasteiger partial charge is 0.243 e. The van der Waals surface area contributed by atoms with E-state index >= 15 is 0 Å². The number of amides is 2. The van der Waals surface area contributed by atoms with Gasteiger partial charge in [0.15, 0.2) is 0 Å². The summed E-state index contributed by atoms with van der Waals surface area (Å²) in [5, 5.41) is 3.02. The second kappa shape index (κ2) is 9.83. The standard InChI is InChI=1S/C24H29N3O4S/c28-23-11-6-14-26(23)18-21-8-5-4-7-20(21)17-25-24(29)19-12-15-27(16-13-19)32(30,31)22-9-2-1-3-10-22/h1-5,7-10,19H,6,11-18H2,(H,25,29). The molecule has 8 heteroatoms. The summed E-state index contributed by atoms with van der Waals surface area (Å²) in [5.74, 6) is -0.0700. The van der Waals surface area contributed by atoms with Gasteiger partial charge < -0.3 is 10.2 Å². The van der Waals surface area contributed by atoms with Crippen LogP contribution < -0.4 is 5.32 Å². The largest absolute Gasteiger partial charge is 0.352 e. The van der Waals surface area contributed by atoms with Gasteiger partial charge in [-0.2, -0.15) is 4.31 Å². The lowest BCUT2D eigenvalue weighted by Gasteiger charge is -2.30. The van der Waals surface area contributed by atoms with Crippen molar-refractivity contribution in [3.05, 3.63) is 65.7 Å². The Balaban J connectivity index is 1.31. The van der Waals surface area contributed by atoms with Crippen LogP contribution in [-0.2, 0) is 32.7 Å². The van der Waals surface area contributed by atoms with Gasteiger partial charge in [-0.25, -0.2) is 8.42 Å². The van der Waals surface area contributed by atoms with Crippen LogP contribution in [0.3, 0.4) is 0 Å². The predicted molar refractivity (Wildman–Crippen MR) is 121 cm³/mol. The van der Waals surface area contributed by atoms with Crippen molar-refractivity contribution in [3.63, 3.8) is 0 Å². The van der Waals surface area contributed by atoms with E-state index in [0.29, 0.717) is 45.4 Å². The minimum absolute atomic E-state index is 0.0474. The van der Waals surface area contributed by atoms with Crippen LogP contribution in [0.5, 0.6) is 0 Å². The van der Waals surface area contributed by atoms with Gasteiger partial charge in [0.25, 0.3) is 0 Å². The molecule has 0 saturated carbocycles. The Morgan fingerprint density at radius 2 is 1.59 bits per heavy atom. The molecular formula is C24H29N3O4S. The van der Waals surface area contributed by atoms with Crippen LogP contribution in [0, 0.1) is 5.92 Å². The Kier molecular flexibility index (Phi) is 6.91. The number of benzene rings is 2. The van der Waals surface area contributed by atoms with E-state index in [1.165, 1.54) is 4.31 Å². The molecule has 2 aliphatic rings. The highest BCUT2D eigenvalue weighted by molar-refractivity contribution is 7.89. The van der Waals surface area contributed by atoms with Gasteiger partial charge >= 0.3 is 0 Å². The summed E-state index contributed by atoms with van der Waals surface area (Å²) in [6.45, 7) is 2.43. The number of hydrogen-bond acceptors (Lipinski definition) is 4. The van der Waals surface area contributed by atoms with Gasteiger partial charge in [-0.1, -0.05) is 42.5 Å². The third-order valence-corrected chi connectivity index (χ3v) is 8.22. The second-order valence-corrected chi connectivity index (χ2v) is 10.3. The van der Waals surface area contributed by atoms with E-state index in [0.717, 1.165) is 24.1 Å². The Morgan fingerprint density at radius 3 is 2.25 bits per heavy atom. The fraction of sp³-hybridized carbons (Fsp3) is 0.417. The molecule has 7 nitrogen and oxygen atoms in total. The first-order chi connectivity index (χ1) is 15.4. The molecule has 2 heterocycles. The van der Waals surface area contributed by atoms with Crippen molar-refractivity contribution >= 4 is 21.8 Å². The van der Waals surface area contributed by atoms with E-state index in [9.17, 15) is 18.0 Å². The monoisotopic (exact) mass is 455 g/mol. The highest BCUT2D eigenvalue weighted by Crippen LogP contribution is 2.24. The number of piperidine rings is 1. The van der Waals surface area contributed by atoms with Crippen molar-refractivity contribution in [2.24, 2.45) is 5.92 Å². The van der Waals surface area contributed by atoms with Crippen LogP contribution in [0.15, 0.2) is 59.5 Å². The summed E-state index contributed by atoms with van der Waals surface area (Å²) in [5.41, 5.74) is 2.05. The van der Waals surface area contributed by atoms with Gasteiger partial charge in [0.1, 0.15) is 0 Å². The molecular weight excluding hydrogens is 426 g/mol. The van der Waals surface area contributed by atoms with Gasteiger partial charge in [-0.15, -0.1) is 0 Å². The number of carbonyl (C=O) groups is 2. The molecule has 0 radical (unpaired) electrons. The van der Waals surface area contributed by atoms with Gasteiger partial charge in [-0.3, -0.25) is 9.59 Å². The lowest BCUT2D eigenvalue weighted by atomic mass is 9.97. The third-order valence-electron chi connectivity index (χ3n) is 6.31. The van der Waals surface area contributed by atoms with Gasteiger partial charge in [0.2, 0.25) is 21.8 Å². The summed E-state index contributed by atoms with van der Waals surface area (Å²) in [7, 11) is -3.52. The van der Waals surface area contributed by atoms with Crippen LogP contribution in [0.1, 0.15) is 36.8 Å². The normalized spacial score (nSPS) is 18.1. The SMILES string of the molecule is O=C(NCc1ccccc1CN1CCCC1=O)C1CCN(S(=O)(=O)c2ccccc2)CC1. The first-order valence-electron chi connectivity index (χ1n) is 11.1. The zero-order chi connectivity index (χ0) is 22.6. The molecule has 2 aliphatic heterocycles. The summed E-state index contributed by atoms with van der Waals surface area (Å²) >= 11 is 0. The lowest BCUT2D eigenvalue weighted by molar-refractivity contribution is -0.128. The molecule has 32 heavy (non-hydrogen) atoms. The Hall–Kier alpha value is -2.71. The Labute approximate surface area is 189 Å². The average Bonchev–Trinajstić information content (AvgIpc) is 3.23. The van der Waals surface area contributed by atoms with Gasteiger partial charge in [0, 0.05) is 45.1 Å². The summed E-state index contributed by atoms with van der Waals surface area (Å²) in [6.07, 6.45) is 2.51. The third kappa shape index (κ3) is 5.02. The minimum Gasteiger partial charge on any atom is -0.352 e. The molecule has 0 unspecified atom stereocenters. The van der Waals surface area contributed by atoms with E-state index in [-0.39, 0.29) is 22.6 Å². The maximum Gasteiger partial charge on any atom is 0.243 e. The number of rotatable bonds is 7. The predicted octanol–water partition coefficient (Wildman–Crippen LogP) is 2.53. The Bertz CT molecular complexity index is 1060. The van der Waals surface area contributed by atoms with Crippen LogP contribution in [-0.4, -0.2) is 49.1 Å². The van der Waals surface area contributed by atoms with Crippen molar-refractivity contribution in [2.75, 3.05) is 19.6 Å². The molecule has 4 rings (SSSR count). The second-order valence-electron chi connectivity index (χ2n) is 8.40. The molecule has 2 aromatic rings. The molecule has 0 aromatic heterocycles. The van der Waals surface area contributed by atoms with Crippen molar-refractivity contribution in [1.82, 2.24) is 14.5 Å². The molecule has 0 bridgehead atoms. The Morgan fingerprint density at radius 1 is 0.938 bits per heavy atom. The van der Waals surface area contributed by atoms with Gasteiger partial charge in [0.05, 0.1) is 4.90 Å². The molecule has 0 atom stereocenters. The fourth-order valence-corrected chi connectivity index (χ4v) is 5.88. The number of likely N-dealkylation sites (tertiary alicyclic amines) is 1. The first kappa shape index (κ1) is 22.5. The van der Waals surface area contributed by atoms with Crippen molar-refractivity contribution in [1.29, 1.82) is 0 Å². The summed E-state index contributed by atoms with van der Waals surface area (Å²) in [6, 6.07) is 16.3. The van der Waals surface area contributed by atoms with Crippen LogP contribution >= 0.6 is 0 Å². The molecule has 2 aromatic carbocycles. The average molecular weight is 456 g/mol. The van der Waals surface area contributed by atoms with Crippen LogP contribution in [0.25, 0.3) is 0 Å². The maximum absolute atomic E-state index is 12.8. The number of nitrogens with one attached hydrogen (secondary N) is 1. The summed E-state index contributed by atoms with van der Waals surface area (Å²) < 4.78 is 27.0. The zero-order valence-corrected chi connectivity index (χ0v) is 18.9. The zero-order valence-electron chi connectivity index (χ0n) is 18.1. The van der Waals surface area contributed by atoms with Crippen molar-refractivity contribution in [2.45, 2.75) is 43.7 Å². The van der Waals surface area contributed by atoms with Crippen molar-refractivity contribution < 1.29 is 18.0 Å². The van der Waals surface area contributed by atoms with Crippen LogP contribution in [0.4, 0.5) is 0 Å². The highest BCUT2D eigenvalue weighted by atomic mass is 32.2. The first-order valence-corrected chi connectivity index (χ1v) is 12.6. The molecule has 0 aliphatic carbocycles. The number of hydrogen-bond donors (Lipinski definition) is 1. The van der Waals surface area contributed by atoms with Crippen molar-refractivity contribution in [3.8, 4) is 0 Å². The molecule has 2 saturated heterocycles. The van der Waals surface area contributed by atoms with E-state index < -0.39 is 10.0 Å². The maximum atomic E-state index is 12.8. The van der Waals surface area contributed by atoms with Gasteiger partial charge in [-0.05, 0) is 42.5 Å². The van der Waals surface area contributed by atoms with E-state index in [2.05, 4.69) is 5.32 Å².